The van der Waals surface area contributed by atoms with Gasteiger partial charge in [-0.1, -0.05) is 78.3 Å². The van der Waals surface area contributed by atoms with Gasteiger partial charge in [-0.15, -0.1) is 0 Å². The molecule has 43 heavy (non-hydrogen) atoms. The highest BCUT2D eigenvalue weighted by Crippen LogP contribution is 2.33. The quantitative estimate of drug-likeness (QED) is 0.245. The topological polar surface area (TPSA) is 96.0 Å². The first-order valence-corrected chi connectivity index (χ1v) is 16.5. The van der Waals surface area contributed by atoms with Gasteiger partial charge < -0.3 is 15.0 Å². The molecule has 2 amide bonds. The molecule has 230 valence electrons. The summed E-state index contributed by atoms with van der Waals surface area (Å²) >= 11 is 19.3. The molecule has 1 N–H and O–H groups in total. The van der Waals surface area contributed by atoms with Crippen molar-refractivity contribution in [3.63, 3.8) is 0 Å². The molecule has 8 nitrogen and oxygen atoms in total. The molecule has 0 aliphatic heterocycles. The summed E-state index contributed by atoms with van der Waals surface area (Å²) in [7, 11) is -2.80. The zero-order valence-electron chi connectivity index (χ0n) is 23.9. The van der Waals surface area contributed by atoms with Crippen molar-refractivity contribution in [1.29, 1.82) is 0 Å². The van der Waals surface area contributed by atoms with Gasteiger partial charge in [-0.25, -0.2) is 8.42 Å². The van der Waals surface area contributed by atoms with Gasteiger partial charge in [0.2, 0.25) is 11.8 Å². The third kappa shape index (κ3) is 7.95. The van der Waals surface area contributed by atoms with Gasteiger partial charge in [0.1, 0.15) is 18.3 Å². The second-order valence-corrected chi connectivity index (χ2v) is 13.5. The average molecular weight is 667 g/mol. The number of nitrogens with one attached hydrogen (secondary N) is 1. The normalized spacial score (nSPS) is 14.5. The third-order valence-electron chi connectivity index (χ3n) is 7.54. The highest BCUT2D eigenvalue weighted by molar-refractivity contribution is 7.92. The highest BCUT2D eigenvalue weighted by atomic mass is 35.5. The van der Waals surface area contributed by atoms with Crippen molar-refractivity contribution >= 4 is 62.3 Å². The molecule has 0 heterocycles. The zero-order chi connectivity index (χ0) is 31.1. The van der Waals surface area contributed by atoms with Crippen LogP contribution in [-0.2, 0) is 26.2 Å². The molecule has 12 heteroatoms. The number of amides is 2. The molecule has 4 rings (SSSR count). The average Bonchev–Trinajstić information content (AvgIpc) is 3.00. The lowest BCUT2D eigenvalue weighted by Gasteiger charge is -2.33. The number of hydrogen-bond donors (Lipinski definition) is 1. The van der Waals surface area contributed by atoms with Gasteiger partial charge in [-0.3, -0.25) is 13.9 Å². The Bertz CT molecular complexity index is 1530. The van der Waals surface area contributed by atoms with Crippen LogP contribution < -0.4 is 14.4 Å². The van der Waals surface area contributed by atoms with E-state index in [-0.39, 0.29) is 34.1 Å². The van der Waals surface area contributed by atoms with Crippen LogP contribution in [0.1, 0.15) is 44.6 Å². The van der Waals surface area contributed by atoms with Crippen LogP contribution in [0.15, 0.2) is 71.6 Å². The fourth-order valence-electron chi connectivity index (χ4n) is 5.06. The number of anilines is 1. The van der Waals surface area contributed by atoms with Gasteiger partial charge in [0.25, 0.3) is 10.0 Å². The van der Waals surface area contributed by atoms with Gasteiger partial charge in [-0.2, -0.15) is 0 Å². The molecule has 0 spiro atoms. The summed E-state index contributed by atoms with van der Waals surface area (Å²) in [6.45, 7) is 0.878. The van der Waals surface area contributed by atoms with Gasteiger partial charge in [0, 0.05) is 28.2 Å². The molecule has 1 aliphatic carbocycles. The molecule has 1 unspecified atom stereocenters. The lowest BCUT2D eigenvalue weighted by molar-refractivity contribution is -0.139. The van der Waals surface area contributed by atoms with E-state index in [1.165, 1.54) is 42.3 Å². The Morgan fingerprint density at radius 3 is 2.19 bits per heavy atom. The molecule has 1 fully saturated rings. The molecular formula is C31H34Cl3N3O5S. The second kappa shape index (κ2) is 14.7. The number of sulfonamides is 1. The summed E-state index contributed by atoms with van der Waals surface area (Å²) in [5.74, 6) is -0.626. The van der Waals surface area contributed by atoms with Crippen molar-refractivity contribution in [1.82, 2.24) is 10.2 Å². The maximum absolute atomic E-state index is 14.2. The first kappa shape index (κ1) is 32.9. The van der Waals surface area contributed by atoms with E-state index in [4.69, 9.17) is 39.5 Å². The molecular weight excluding hydrogens is 633 g/mol. The zero-order valence-corrected chi connectivity index (χ0v) is 27.0. The van der Waals surface area contributed by atoms with E-state index in [2.05, 4.69) is 5.32 Å². The molecule has 0 radical (unpaired) electrons. The van der Waals surface area contributed by atoms with E-state index in [0.717, 1.165) is 36.4 Å². The monoisotopic (exact) mass is 665 g/mol. The number of carbonyl (C=O) groups is 2. The van der Waals surface area contributed by atoms with E-state index in [0.29, 0.717) is 21.4 Å². The summed E-state index contributed by atoms with van der Waals surface area (Å²) in [5.41, 5.74) is 0.597. The van der Waals surface area contributed by atoms with Crippen molar-refractivity contribution in [2.24, 2.45) is 0 Å². The minimum atomic E-state index is -4.24. The maximum Gasteiger partial charge on any atom is 0.264 e. The van der Waals surface area contributed by atoms with Gasteiger partial charge >= 0.3 is 0 Å². The van der Waals surface area contributed by atoms with Crippen LogP contribution >= 0.6 is 34.8 Å². The van der Waals surface area contributed by atoms with E-state index in [1.54, 1.807) is 43.3 Å². The number of nitrogens with zero attached hydrogens (tertiary/aromatic N) is 2. The fourth-order valence-corrected chi connectivity index (χ4v) is 7.26. The number of methoxy groups -OCH3 is 1. The molecule has 1 aliphatic rings. The Morgan fingerprint density at radius 2 is 1.58 bits per heavy atom. The van der Waals surface area contributed by atoms with Crippen LogP contribution in [0.5, 0.6) is 5.75 Å². The molecule has 1 atom stereocenters. The Balaban J connectivity index is 1.72. The summed E-state index contributed by atoms with van der Waals surface area (Å²) in [6, 6.07) is 16.2. The number of rotatable bonds is 11. The number of halogens is 3. The van der Waals surface area contributed by atoms with E-state index >= 15 is 0 Å². The van der Waals surface area contributed by atoms with E-state index in [1.807, 2.05) is 0 Å². The Morgan fingerprint density at radius 1 is 0.930 bits per heavy atom. The standard InChI is InChI=1S/C31H34Cl3N3O5S/c1-21(31(39)35-22-10-5-3-6-11-22)36(19-25-26(32)14-9-15-27(25)33)30(38)20-37(23-16-17-29(42-2)28(34)18-23)43(40,41)24-12-7-4-8-13-24/h4,7-9,12-18,21-22H,3,5-6,10-11,19-20H2,1-2H3,(H,35,39). The first-order chi connectivity index (χ1) is 20.5. The predicted octanol–water partition coefficient (Wildman–Crippen LogP) is 6.72. The Hall–Kier alpha value is -2.98. The lowest BCUT2D eigenvalue weighted by Crippen LogP contribution is -2.53. The first-order valence-electron chi connectivity index (χ1n) is 14.0. The molecule has 1 saturated carbocycles. The van der Waals surface area contributed by atoms with Crippen molar-refractivity contribution in [3.05, 3.63) is 87.4 Å². The van der Waals surface area contributed by atoms with Crippen LogP contribution in [0.4, 0.5) is 5.69 Å². The van der Waals surface area contributed by atoms with Crippen LogP contribution in [0.3, 0.4) is 0 Å². The Kier molecular flexibility index (Phi) is 11.2. The number of carbonyl (C=O) groups excluding carboxylic acids is 2. The van der Waals surface area contributed by atoms with Gasteiger partial charge in [0.15, 0.2) is 0 Å². The number of hydrogen-bond acceptors (Lipinski definition) is 5. The predicted molar refractivity (Wildman–Crippen MR) is 170 cm³/mol. The smallest absolute Gasteiger partial charge is 0.264 e. The van der Waals surface area contributed by atoms with Gasteiger partial charge in [-0.05, 0) is 62.2 Å². The maximum atomic E-state index is 14.2. The minimum absolute atomic E-state index is 0.0148. The second-order valence-electron chi connectivity index (χ2n) is 10.4. The van der Waals surface area contributed by atoms with Crippen molar-refractivity contribution in [3.8, 4) is 5.75 Å². The summed E-state index contributed by atoms with van der Waals surface area (Å²) < 4.78 is 34.1. The highest BCUT2D eigenvalue weighted by Gasteiger charge is 2.34. The van der Waals surface area contributed by atoms with Crippen LogP contribution in [0.25, 0.3) is 0 Å². The lowest BCUT2D eigenvalue weighted by atomic mass is 9.95. The summed E-state index contributed by atoms with van der Waals surface area (Å²) in [4.78, 5) is 28.9. The summed E-state index contributed by atoms with van der Waals surface area (Å²) in [5, 5.41) is 3.88. The number of ether oxygens (including phenoxy) is 1. The molecule has 0 saturated heterocycles. The third-order valence-corrected chi connectivity index (χ3v) is 10.3. The molecule has 0 bridgehead atoms. The Labute approximate surface area is 267 Å². The molecule has 0 aromatic heterocycles. The number of benzene rings is 3. The molecule has 3 aromatic rings. The van der Waals surface area contributed by atoms with Crippen molar-refractivity contribution in [2.75, 3.05) is 18.0 Å². The SMILES string of the molecule is COc1ccc(N(CC(=O)N(Cc2c(Cl)cccc2Cl)C(C)C(=O)NC2CCCCC2)S(=O)(=O)c2ccccc2)cc1Cl. The molecule has 3 aromatic carbocycles. The van der Waals surface area contributed by atoms with E-state index < -0.39 is 28.5 Å². The van der Waals surface area contributed by atoms with Crippen LogP contribution in [-0.4, -0.2) is 50.9 Å². The fraction of sp³-hybridized carbons (Fsp3) is 0.355. The van der Waals surface area contributed by atoms with Crippen LogP contribution in [0, 0.1) is 0 Å². The minimum Gasteiger partial charge on any atom is -0.495 e. The van der Waals surface area contributed by atoms with E-state index in [9.17, 15) is 18.0 Å². The van der Waals surface area contributed by atoms with Gasteiger partial charge in [0.05, 0.1) is 22.7 Å². The van der Waals surface area contributed by atoms with Crippen molar-refractivity contribution in [2.45, 2.75) is 62.6 Å². The van der Waals surface area contributed by atoms with Crippen molar-refractivity contribution < 1.29 is 22.7 Å². The largest absolute Gasteiger partial charge is 0.495 e. The summed E-state index contributed by atoms with van der Waals surface area (Å²) in [6.07, 6.45) is 4.90. The van der Waals surface area contributed by atoms with Crippen LogP contribution in [0.2, 0.25) is 15.1 Å².